The predicted octanol–water partition coefficient (Wildman–Crippen LogP) is 1.40. The van der Waals surface area contributed by atoms with E-state index < -0.39 is 0 Å². The molecule has 0 aliphatic carbocycles. The van der Waals surface area contributed by atoms with Crippen molar-refractivity contribution in [1.29, 1.82) is 0 Å². The van der Waals surface area contributed by atoms with Gasteiger partial charge in [-0.25, -0.2) is 4.98 Å². The van der Waals surface area contributed by atoms with E-state index in [2.05, 4.69) is 15.4 Å². The van der Waals surface area contributed by atoms with Gasteiger partial charge in [-0.1, -0.05) is 0 Å². The maximum atomic E-state index is 5.04. The molecule has 0 bridgehead atoms. The van der Waals surface area contributed by atoms with Crippen LogP contribution in [-0.2, 0) is 6.54 Å². The molecule has 0 aromatic carbocycles. The van der Waals surface area contributed by atoms with Crippen LogP contribution in [0.5, 0.6) is 5.88 Å². The highest BCUT2D eigenvalue weighted by molar-refractivity contribution is 5.44. The average Bonchev–Trinajstić information content (AvgIpc) is 2.82. The molecule has 1 N–H and O–H groups in total. The number of pyridine rings is 1. The Morgan fingerprint density at radius 3 is 3.12 bits per heavy atom. The molecule has 2 aromatic rings. The molecule has 16 heavy (non-hydrogen) atoms. The number of anilines is 1. The summed E-state index contributed by atoms with van der Waals surface area (Å²) in [6.07, 6.45) is 5.43. The second-order valence-electron chi connectivity index (χ2n) is 3.28. The van der Waals surface area contributed by atoms with E-state index in [0.29, 0.717) is 5.88 Å². The molecule has 0 saturated carbocycles. The van der Waals surface area contributed by atoms with Gasteiger partial charge in [-0.15, -0.1) is 0 Å². The van der Waals surface area contributed by atoms with Crippen molar-refractivity contribution in [2.75, 3.05) is 19.0 Å². The molecule has 0 amide bonds. The topological polar surface area (TPSA) is 52.0 Å². The van der Waals surface area contributed by atoms with Crippen LogP contribution in [0.4, 0.5) is 5.69 Å². The molecule has 0 spiro atoms. The summed E-state index contributed by atoms with van der Waals surface area (Å²) in [7, 11) is 1.61. The van der Waals surface area contributed by atoms with Crippen molar-refractivity contribution in [2.45, 2.75) is 6.54 Å². The number of ether oxygens (including phenoxy) is 1. The Morgan fingerprint density at radius 2 is 2.38 bits per heavy atom. The number of hydrogen-bond donors (Lipinski definition) is 1. The quantitative estimate of drug-likeness (QED) is 0.824. The lowest BCUT2D eigenvalue weighted by molar-refractivity contribution is 0.398. The fourth-order valence-corrected chi connectivity index (χ4v) is 1.38. The first kappa shape index (κ1) is 10.5. The number of nitrogens with zero attached hydrogens (tertiary/aromatic N) is 3. The zero-order valence-electron chi connectivity index (χ0n) is 9.13. The van der Waals surface area contributed by atoms with Gasteiger partial charge in [-0.2, -0.15) is 5.10 Å². The molecule has 2 rings (SSSR count). The van der Waals surface area contributed by atoms with Crippen LogP contribution >= 0.6 is 0 Å². The lowest BCUT2D eigenvalue weighted by atomic mass is 10.4. The van der Waals surface area contributed by atoms with E-state index in [1.165, 1.54) is 0 Å². The first-order chi connectivity index (χ1) is 7.88. The van der Waals surface area contributed by atoms with Crippen LogP contribution in [0.2, 0.25) is 0 Å². The van der Waals surface area contributed by atoms with E-state index >= 15 is 0 Å². The summed E-state index contributed by atoms with van der Waals surface area (Å²) in [5.41, 5.74) is 0.999. The predicted molar refractivity (Wildman–Crippen MR) is 61.5 cm³/mol. The summed E-state index contributed by atoms with van der Waals surface area (Å²) in [5, 5.41) is 7.40. The Labute approximate surface area is 94.1 Å². The zero-order chi connectivity index (χ0) is 11.2. The lowest BCUT2D eigenvalue weighted by Gasteiger charge is -2.07. The van der Waals surface area contributed by atoms with Gasteiger partial charge in [-0.05, 0) is 12.1 Å². The van der Waals surface area contributed by atoms with Gasteiger partial charge in [0.05, 0.1) is 13.7 Å². The molecule has 0 fully saturated rings. The van der Waals surface area contributed by atoms with E-state index in [0.717, 1.165) is 18.8 Å². The highest BCUT2D eigenvalue weighted by atomic mass is 16.5. The van der Waals surface area contributed by atoms with E-state index in [1.807, 2.05) is 29.1 Å². The monoisotopic (exact) mass is 218 g/mol. The number of rotatable bonds is 5. The number of hydrogen-bond acceptors (Lipinski definition) is 4. The Balaban J connectivity index is 1.85. The van der Waals surface area contributed by atoms with Crippen molar-refractivity contribution >= 4 is 5.69 Å². The highest BCUT2D eigenvalue weighted by Gasteiger charge is 1.96. The van der Waals surface area contributed by atoms with Crippen LogP contribution in [0.3, 0.4) is 0 Å². The second kappa shape index (κ2) is 5.16. The minimum atomic E-state index is 0.615. The van der Waals surface area contributed by atoms with Crippen molar-refractivity contribution in [3.05, 3.63) is 36.8 Å². The Morgan fingerprint density at radius 1 is 1.44 bits per heavy atom. The summed E-state index contributed by atoms with van der Waals surface area (Å²) in [5.74, 6) is 0.615. The van der Waals surface area contributed by atoms with Gasteiger partial charge in [0.1, 0.15) is 0 Å². The third kappa shape index (κ3) is 2.73. The Kier molecular flexibility index (Phi) is 3.38. The number of nitrogens with one attached hydrogen (secondary N) is 1. The summed E-state index contributed by atoms with van der Waals surface area (Å²) in [6, 6.07) is 5.68. The largest absolute Gasteiger partial charge is 0.481 e. The normalized spacial score (nSPS) is 10.1. The zero-order valence-corrected chi connectivity index (χ0v) is 9.13. The first-order valence-electron chi connectivity index (χ1n) is 5.10. The van der Waals surface area contributed by atoms with Gasteiger partial charge >= 0.3 is 0 Å². The maximum absolute atomic E-state index is 5.04. The summed E-state index contributed by atoms with van der Waals surface area (Å²) in [4.78, 5) is 4.04. The molecule has 2 aromatic heterocycles. The van der Waals surface area contributed by atoms with Crippen LogP contribution in [0.1, 0.15) is 0 Å². The molecule has 0 saturated heterocycles. The number of methoxy groups -OCH3 is 1. The Bertz CT molecular complexity index is 427. The van der Waals surface area contributed by atoms with Crippen molar-refractivity contribution < 1.29 is 4.74 Å². The van der Waals surface area contributed by atoms with Crippen LogP contribution in [0.15, 0.2) is 36.8 Å². The number of aromatic nitrogens is 3. The molecule has 2 heterocycles. The molecule has 0 radical (unpaired) electrons. The standard InChI is InChI=1S/C11H14N4O/c1-16-11-9-10(3-5-13-11)12-6-8-15-7-2-4-14-15/h2-5,7,9H,6,8H2,1H3,(H,12,13). The minimum absolute atomic E-state index is 0.615. The van der Waals surface area contributed by atoms with E-state index in [9.17, 15) is 0 Å². The summed E-state index contributed by atoms with van der Waals surface area (Å²) < 4.78 is 6.92. The SMILES string of the molecule is COc1cc(NCCn2cccn2)ccn1. The molecular weight excluding hydrogens is 204 g/mol. The molecular formula is C11H14N4O. The fraction of sp³-hybridized carbons (Fsp3) is 0.273. The Hall–Kier alpha value is -2.04. The van der Waals surface area contributed by atoms with Gasteiger partial charge in [0.15, 0.2) is 0 Å². The van der Waals surface area contributed by atoms with Crippen LogP contribution in [-0.4, -0.2) is 28.4 Å². The molecule has 5 heteroatoms. The van der Waals surface area contributed by atoms with Crippen LogP contribution < -0.4 is 10.1 Å². The minimum Gasteiger partial charge on any atom is -0.481 e. The second-order valence-corrected chi connectivity index (χ2v) is 3.28. The van der Waals surface area contributed by atoms with Crippen LogP contribution in [0.25, 0.3) is 0 Å². The van der Waals surface area contributed by atoms with Gasteiger partial charge in [0, 0.05) is 36.9 Å². The van der Waals surface area contributed by atoms with E-state index in [1.54, 1.807) is 19.5 Å². The van der Waals surface area contributed by atoms with Crippen LogP contribution in [0, 0.1) is 0 Å². The van der Waals surface area contributed by atoms with Gasteiger partial charge in [-0.3, -0.25) is 4.68 Å². The highest BCUT2D eigenvalue weighted by Crippen LogP contribution is 2.12. The molecule has 0 aliphatic heterocycles. The van der Waals surface area contributed by atoms with Crippen molar-refractivity contribution in [1.82, 2.24) is 14.8 Å². The summed E-state index contributed by atoms with van der Waals surface area (Å²) in [6.45, 7) is 1.65. The lowest BCUT2D eigenvalue weighted by Crippen LogP contribution is -2.10. The van der Waals surface area contributed by atoms with Crippen molar-refractivity contribution in [3.8, 4) is 5.88 Å². The molecule has 0 atom stereocenters. The van der Waals surface area contributed by atoms with E-state index in [4.69, 9.17) is 4.74 Å². The molecule has 84 valence electrons. The first-order valence-corrected chi connectivity index (χ1v) is 5.10. The third-order valence-corrected chi connectivity index (χ3v) is 2.17. The smallest absolute Gasteiger partial charge is 0.214 e. The summed E-state index contributed by atoms with van der Waals surface area (Å²) >= 11 is 0. The molecule has 0 unspecified atom stereocenters. The van der Waals surface area contributed by atoms with E-state index in [-0.39, 0.29) is 0 Å². The van der Waals surface area contributed by atoms with Gasteiger partial charge < -0.3 is 10.1 Å². The maximum Gasteiger partial charge on any atom is 0.214 e. The third-order valence-electron chi connectivity index (χ3n) is 2.17. The van der Waals surface area contributed by atoms with Gasteiger partial charge in [0.25, 0.3) is 0 Å². The molecule has 0 aliphatic rings. The molecule has 5 nitrogen and oxygen atoms in total. The average molecular weight is 218 g/mol. The fourth-order valence-electron chi connectivity index (χ4n) is 1.38. The van der Waals surface area contributed by atoms with Gasteiger partial charge in [0.2, 0.25) is 5.88 Å². The van der Waals surface area contributed by atoms with Crippen molar-refractivity contribution in [2.24, 2.45) is 0 Å². The van der Waals surface area contributed by atoms with Crippen molar-refractivity contribution in [3.63, 3.8) is 0 Å².